The third-order valence-electron chi connectivity index (χ3n) is 3.69. The number of aryl methyl sites for hydroxylation is 3. The number of rotatable bonds is 3. The molecule has 0 radical (unpaired) electrons. The molecule has 0 fully saturated rings. The van der Waals surface area contributed by atoms with Gasteiger partial charge >= 0.3 is 0 Å². The van der Waals surface area contributed by atoms with Crippen molar-refractivity contribution in [3.63, 3.8) is 0 Å². The third-order valence-corrected chi connectivity index (χ3v) is 4.61. The van der Waals surface area contributed by atoms with E-state index in [1.807, 2.05) is 32.4 Å². The Hall–Kier alpha value is -2.21. The molecule has 2 aromatic heterocycles. The molecule has 0 spiro atoms. The highest BCUT2D eigenvalue weighted by Gasteiger charge is 2.16. The number of nitrogens with zero attached hydrogens (tertiary/aromatic N) is 3. The highest BCUT2D eigenvalue weighted by atomic mass is 32.1. The van der Waals surface area contributed by atoms with Gasteiger partial charge in [0.1, 0.15) is 0 Å². The molecule has 5 nitrogen and oxygen atoms in total. The van der Waals surface area contributed by atoms with Crippen LogP contribution in [0.5, 0.6) is 0 Å². The lowest BCUT2D eigenvalue weighted by atomic mass is 10.1. The summed E-state index contributed by atoms with van der Waals surface area (Å²) < 4.78 is 2.93. The van der Waals surface area contributed by atoms with Crippen molar-refractivity contribution in [2.75, 3.05) is 5.32 Å². The number of aromatic nitrogens is 3. The zero-order valence-corrected chi connectivity index (χ0v) is 14.8. The van der Waals surface area contributed by atoms with E-state index in [9.17, 15) is 4.79 Å². The summed E-state index contributed by atoms with van der Waals surface area (Å²) in [7, 11) is 0. The van der Waals surface area contributed by atoms with Gasteiger partial charge in [-0.1, -0.05) is 17.4 Å². The number of nitrogens with one attached hydrogen (secondary N) is 1. The minimum Gasteiger partial charge on any atom is -0.296 e. The lowest BCUT2D eigenvalue weighted by Gasteiger charge is -2.06. The number of fused-ring (bicyclic) bond motifs is 1. The Labute approximate surface area is 139 Å². The van der Waals surface area contributed by atoms with Crippen LogP contribution in [0.2, 0.25) is 0 Å². The van der Waals surface area contributed by atoms with Gasteiger partial charge in [0, 0.05) is 11.7 Å². The summed E-state index contributed by atoms with van der Waals surface area (Å²) in [4.78, 5) is 16.9. The summed E-state index contributed by atoms with van der Waals surface area (Å²) in [5, 5.41) is 7.85. The molecule has 3 aromatic rings. The molecule has 1 aromatic carbocycles. The molecular formula is C17H20N4OS. The molecule has 0 aliphatic heterocycles. The predicted octanol–water partition coefficient (Wildman–Crippen LogP) is 4.25. The minimum absolute atomic E-state index is 0.221. The maximum atomic E-state index is 12.4. The quantitative estimate of drug-likeness (QED) is 0.782. The van der Waals surface area contributed by atoms with Crippen molar-refractivity contribution in [3.8, 4) is 0 Å². The van der Waals surface area contributed by atoms with Crippen LogP contribution in [0.1, 0.15) is 47.2 Å². The number of amides is 1. The third kappa shape index (κ3) is 2.99. The Morgan fingerprint density at radius 1 is 1.22 bits per heavy atom. The van der Waals surface area contributed by atoms with Gasteiger partial charge in [-0.3, -0.25) is 14.8 Å². The van der Waals surface area contributed by atoms with E-state index in [4.69, 9.17) is 0 Å². The summed E-state index contributed by atoms with van der Waals surface area (Å²) in [5.74, 6) is -0.221. The first-order chi connectivity index (χ1) is 10.8. The van der Waals surface area contributed by atoms with Crippen LogP contribution in [0.4, 0.5) is 5.13 Å². The first kappa shape index (κ1) is 15.7. The van der Waals surface area contributed by atoms with Crippen LogP contribution in [-0.2, 0) is 0 Å². The van der Waals surface area contributed by atoms with Crippen molar-refractivity contribution in [2.45, 2.75) is 40.7 Å². The Morgan fingerprint density at radius 2 is 1.96 bits per heavy atom. The fourth-order valence-corrected chi connectivity index (χ4v) is 3.74. The van der Waals surface area contributed by atoms with Crippen molar-refractivity contribution in [1.29, 1.82) is 0 Å². The highest BCUT2D eigenvalue weighted by Crippen LogP contribution is 2.29. The number of anilines is 1. The highest BCUT2D eigenvalue weighted by molar-refractivity contribution is 7.22. The standard InChI is InChI=1S/C17H20N4OS/c1-9(2)21-12(5)8-13(20-21)16(22)19-17-18-15-11(4)6-10(3)7-14(15)23-17/h6-9H,1-5H3,(H,18,19,22). The second-order valence-corrected chi connectivity index (χ2v) is 7.14. The first-order valence-corrected chi connectivity index (χ1v) is 8.42. The molecule has 120 valence electrons. The molecule has 0 unspecified atom stereocenters. The minimum atomic E-state index is -0.221. The second-order valence-electron chi connectivity index (χ2n) is 6.11. The molecule has 0 aliphatic rings. The topological polar surface area (TPSA) is 59.8 Å². The Balaban J connectivity index is 1.88. The van der Waals surface area contributed by atoms with Crippen LogP contribution in [0.15, 0.2) is 18.2 Å². The van der Waals surface area contributed by atoms with E-state index in [1.54, 1.807) is 6.07 Å². The first-order valence-electron chi connectivity index (χ1n) is 7.60. The number of hydrogen-bond donors (Lipinski definition) is 1. The molecule has 0 saturated heterocycles. The van der Waals surface area contributed by atoms with Gasteiger partial charge in [0.25, 0.3) is 5.91 Å². The number of hydrogen-bond acceptors (Lipinski definition) is 4. The van der Waals surface area contributed by atoms with Crippen LogP contribution in [0.25, 0.3) is 10.2 Å². The molecule has 2 heterocycles. The van der Waals surface area contributed by atoms with Gasteiger partial charge < -0.3 is 0 Å². The summed E-state index contributed by atoms with van der Waals surface area (Å²) in [6.07, 6.45) is 0. The number of carbonyl (C=O) groups is 1. The molecule has 0 aliphatic carbocycles. The molecule has 23 heavy (non-hydrogen) atoms. The van der Waals surface area contributed by atoms with Gasteiger partial charge in [-0.25, -0.2) is 4.98 Å². The largest absolute Gasteiger partial charge is 0.296 e. The van der Waals surface area contributed by atoms with Gasteiger partial charge in [0.2, 0.25) is 0 Å². The van der Waals surface area contributed by atoms with E-state index >= 15 is 0 Å². The van der Waals surface area contributed by atoms with Gasteiger partial charge in [-0.2, -0.15) is 5.10 Å². The monoisotopic (exact) mass is 328 g/mol. The van der Waals surface area contributed by atoms with Crippen molar-refractivity contribution >= 4 is 32.6 Å². The zero-order chi connectivity index (χ0) is 16.7. The molecule has 0 saturated carbocycles. The van der Waals surface area contributed by atoms with Crippen LogP contribution < -0.4 is 5.32 Å². The van der Waals surface area contributed by atoms with Gasteiger partial charge in [-0.05, 0) is 57.9 Å². The van der Waals surface area contributed by atoms with E-state index in [-0.39, 0.29) is 11.9 Å². The predicted molar refractivity (Wildman–Crippen MR) is 94.4 cm³/mol. The lowest BCUT2D eigenvalue weighted by molar-refractivity contribution is 0.102. The van der Waals surface area contributed by atoms with E-state index in [2.05, 4.69) is 34.5 Å². The Morgan fingerprint density at radius 3 is 2.61 bits per heavy atom. The van der Waals surface area contributed by atoms with Crippen LogP contribution in [0.3, 0.4) is 0 Å². The normalized spacial score (nSPS) is 11.4. The molecule has 3 rings (SSSR count). The van der Waals surface area contributed by atoms with E-state index < -0.39 is 0 Å². The Kier molecular flexibility index (Phi) is 3.93. The SMILES string of the molecule is Cc1cc(C)c2nc(NC(=O)c3cc(C)n(C(C)C)n3)sc2c1. The van der Waals surface area contributed by atoms with Crippen molar-refractivity contribution < 1.29 is 4.79 Å². The lowest BCUT2D eigenvalue weighted by Crippen LogP contribution is -2.13. The molecular weight excluding hydrogens is 308 g/mol. The fourth-order valence-electron chi connectivity index (χ4n) is 2.71. The summed E-state index contributed by atoms with van der Waals surface area (Å²) in [6, 6.07) is 6.22. The average Bonchev–Trinajstić information content (AvgIpc) is 3.02. The zero-order valence-electron chi connectivity index (χ0n) is 14.0. The fraction of sp³-hybridized carbons (Fsp3) is 0.353. The average molecular weight is 328 g/mol. The number of benzene rings is 1. The van der Waals surface area contributed by atoms with Crippen LogP contribution >= 0.6 is 11.3 Å². The smallest absolute Gasteiger partial charge is 0.277 e. The van der Waals surface area contributed by atoms with Crippen molar-refractivity contribution in [2.24, 2.45) is 0 Å². The van der Waals surface area contributed by atoms with Gasteiger partial charge in [-0.15, -0.1) is 0 Å². The van der Waals surface area contributed by atoms with Crippen LogP contribution in [0, 0.1) is 20.8 Å². The maximum absolute atomic E-state index is 12.4. The summed E-state index contributed by atoms with van der Waals surface area (Å²) in [6.45, 7) is 10.1. The molecule has 0 atom stereocenters. The van der Waals surface area contributed by atoms with E-state index in [0.717, 1.165) is 21.5 Å². The second kappa shape index (κ2) is 5.77. The van der Waals surface area contributed by atoms with Gasteiger partial charge in [0.05, 0.1) is 10.2 Å². The van der Waals surface area contributed by atoms with Crippen molar-refractivity contribution in [3.05, 3.63) is 40.7 Å². The summed E-state index contributed by atoms with van der Waals surface area (Å²) in [5.41, 5.74) is 4.66. The molecule has 1 amide bonds. The van der Waals surface area contributed by atoms with Crippen LogP contribution in [-0.4, -0.2) is 20.7 Å². The van der Waals surface area contributed by atoms with Gasteiger partial charge in [0.15, 0.2) is 10.8 Å². The van der Waals surface area contributed by atoms with Crippen molar-refractivity contribution in [1.82, 2.24) is 14.8 Å². The molecule has 0 bridgehead atoms. The van der Waals surface area contributed by atoms with E-state index in [0.29, 0.717) is 10.8 Å². The summed E-state index contributed by atoms with van der Waals surface area (Å²) >= 11 is 1.49. The number of carbonyl (C=O) groups excluding carboxylic acids is 1. The molecule has 1 N–H and O–H groups in total. The maximum Gasteiger partial charge on any atom is 0.277 e. The Bertz CT molecular complexity index is 892. The van der Waals surface area contributed by atoms with E-state index in [1.165, 1.54) is 16.9 Å². The number of thiazole rings is 1. The molecule has 6 heteroatoms.